The summed E-state index contributed by atoms with van der Waals surface area (Å²) in [4.78, 5) is 26.2. The van der Waals surface area contributed by atoms with Gasteiger partial charge in [-0.25, -0.2) is 4.79 Å². The number of hydrogen-bond donors (Lipinski definition) is 1. The van der Waals surface area contributed by atoms with E-state index in [0.717, 1.165) is 24.8 Å². The van der Waals surface area contributed by atoms with Crippen LogP contribution in [0.25, 0.3) is 0 Å². The number of hydrogen-bond acceptors (Lipinski definition) is 4. The summed E-state index contributed by atoms with van der Waals surface area (Å²) in [5, 5.41) is 10.6. The van der Waals surface area contributed by atoms with E-state index in [1.165, 1.54) is 16.9 Å². The van der Waals surface area contributed by atoms with E-state index in [1.807, 2.05) is 12.3 Å². The summed E-state index contributed by atoms with van der Waals surface area (Å²) in [5.41, 5.74) is 1.55. The van der Waals surface area contributed by atoms with Gasteiger partial charge in [-0.2, -0.15) is 0 Å². The molecular weight excluding hydrogens is 290 g/mol. The number of nitrogens with zero attached hydrogens (tertiary/aromatic N) is 1. The summed E-state index contributed by atoms with van der Waals surface area (Å²) in [7, 11) is 0. The monoisotopic (exact) mass is 309 g/mol. The van der Waals surface area contributed by atoms with Gasteiger partial charge in [-0.15, -0.1) is 11.3 Å². The number of aryl methyl sites for hydroxylation is 1. The molecule has 1 aromatic heterocycles. The van der Waals surface area contributed by atoms with Crippen molar-refractivity contribution in [3.05, 3.63) is 21.4 Å². The molecular formula is C15H19NO4S. The molecule has 1 aliphatic carbocycles. The second kappa shape index (κ2) is 5.42. The standard InChI is InChI=1S/C15H19NO4S/c1-15(20-6-13(17)18)8-16(9-15)14(19)11-7-21-12-5-3-2-4-10(11)12/h7H,2-6,8-9H2,1H3,(H,17,18). The van der Waals surface area contributed by atoms with Crippen molar-refractivity contribution in [2.75, 3.05) is 19.7 Å². The van der Waals surface area contributed by atoms with E-state index in [9.17, 15) is 9.59 Å². The fourth-order valence-electron chi connectivity index (χ4n) is 3.08. The van der Waals surface area contributed by atoms with Gasteiger partial charge in [0, 0.05) is 10.3 Å². The third kappa shape index (κ3) is 2.82. The van der Waals surface area contributed by atoms with Crippen molar-refractivity contribution in [2.24, 2.45) is 0 Å². The first kappa shape index (κ1) is 14.5. The zero-order valence-electron chi connectivity index (χ0n) is 12.1. The number of fused-ring (bicyclic) bond motifs is 1. The van der Waals surface area contributed by atoms with E-state index in [4.69, 9.17) is 9.84 Å². The first-order chi connectivity index (χ1) is 9.98. The zero-order valence-corrected chi connectivity index (χ0v) is 12.9. The van der Waals surface area contributed by atoms with Gasteiger partial charge in [0.1, 0.15) is 12.2 Å². The van der Waals surface area contributed by atoms with Gasteiger partial charge in [-0.1, -0.05) is 0 Å². The third-order valence-corrected chi connectivity index (χ3v) is 5.26. The Morgan fingerprint density at radius 1 is 1.38 bits per heavy atom. The number of carbonyl (C=O) groups is 2. The molecule has 1 N–H and O–H groups in total. The van der Waals surface area contributed by atoms with Crippen molar-refractivity contribution in [2.45, 2.75) is 38.2 Å². The topological polar surface area (TPSA) is 66.8 Å². The Morgan fingerprint density at radius 2 is 2.10 bits per heavy atom. The van der Waals surface area contributed by atoms with Gasteiger partial charge in [0.15, 0.2) is 0 Å². The van der Waals surface area contributed by atoms with E-state index in [0.29, 0.717) is 13.1 Å². The highest BCUT2D eigenvalue weighted by molar-refractivity contribution is 7.10. The highest BCUT2D eigenvalue weighted by Crippen LogP contribution is 2.33. The highest BCUT2D eigenvalue weighted by atomic mass is 32.1. The van der Waals surface area contributed by atoms with Gasteiger partial charge in [0.25, 0.3) is 5.91 Å². The minimum atomic E-state index is -0.979. The lowest BCUT2D eigenvalue weighted by molar-refractivity contribution is -0.159. The zero-order chi connectivity index (χ0) is 15.0. The van der Waals surface area contributed by atoms with E-state index >= 15 is 0 Å². The molecule has 0 bridgehead atoms. The summed E-state index contributed by atoms with van der Waals surface area (Å²) in [6.07, 6.45) is 4.46. The van der Waals surface area contributed by atoms with Gasteiger partial charge in [-0.3, -0.25) is 4.79 Å². The van der Waals surface area contributed by atoms with E-state index < -0.39 is 11.6 Å². The Kier molecular flexibility index (Phi) is 3.75. The molecule has 0 unspecified atom stereocenters. The number of aliphatic carboxylic acids is 1. The van der Waals surface area contributed by atoms with E-state index in [1.54, 1.807) is 16.2 Å². The smallest absolute Gasteiger partial charge is 0.329 e. The lowest BCUT2D eigenvalue weighted by Gasteiger charge is -2.47. The van der Waals surface area contributed by atoms with Gasteiger partial charge < -0.3 is 14.7 Å². The van der Waals surface area contributed by atoms with Crippen molar-refractivity contribution in [1.82, 2.24) is 4.90 Å². The van der Waals surface area contributed by atoms with E-state index in [2.05, 4.69) is 0 Å². The molecule has 2 aliphatic rings. The number of thiophene rings is 1. The van der Waals surface area contributed by atoms with Crippen LogP contribution in [0.1, 0.15) is 40.6 Å². The maximum atomic E-state index is 12.5. The minimum absolute atomic E-state index is 0.0609. The Balaban J connectivity index is 1.63. The molecule has 6 heteroatoms. The van der Waals surface area contributed by atoms with Crippen LogP contribution in [0.4, 0.5) is 0 Å². The van der Waals surface area contributed by atoms with Crippen LogP contribution in [0.2, 0.25) is 0 Å². The number of carboxylic acid groups (broad SMARTS) is 1. The fourth-order valence-corrected chi connectivity index (χ4v) is 4.20. The average molecular weight is 309 g/mol. The molecule has 0 radical (unpaired) electrons. The molecule has 1 aromatic rings. The van der Waals surface area contributed by atoms with Crippen molar-refractivity contribution >= 4 is 23.2 Å². The van der Waals surface area contributed by atoms with Crippen LogP contribution in [-0.4, -0.2) is 47.2 Å². The number of ether oxygens (including phenoxy) is 1. The van der Waals surface area contributed by atoms with Crippen LogP contribution in [-0.2, 0) is 22.4 Å². The molecule has 114 valence electrons. The highest BCUT2D eigenvalue weighted by Gasteiger charge is 2.43. The summed E-state index contributed by atoms with van der Waals surface area (Å²) in [6, 6.07) is 0. The average Bonchev–Trinajstić information content (AvgIpc) is 2.85. The normalized spacial score (nSPS) is 19.8. The summed E-state index contributed by atoms with van der Waals surface area (Å²) >= 11 is 1.69. The fraction of sp³-hybridized carbons (Fsp3) is 0.600. The molecule has 3 rings (SSSR count). The Morgan fingerprint density at radius 3 is 2.81 bits per heavy atom. The molecule has 0 saturated carbocycles. The molecule has 21 heavy (non-hydrogen) atoms. The first-order valence-corrected chi connectivity index (χ1v) is 8.11. The van der Waals surface area contributed by atoms with Gasteiger partial charge in [0.05, 0.1) is 18.7 Å². The number of amides is 1. The lowest BCUT2D eigenvalue weighted by Crippen LogP contribution is -2.63. The van der Waals surface area contributed by atoms with Crippen LogP contribution >= 0.6 is 11.3 Å². The molecule has 2 heterocycles. The Labute approximate surface area is 127 Å². The van der Waals surface area contributed by atoms with Crippen molar-refractivity contribution in [3.8, 4) is 0 Å². The molecule has 5 nitrogen and oxygen atoms in total. The molecule has 1 amide bonds. The number of likely N-dealkylation sites (tertiary alicyclic amines) is 1. The number of rotatable bonds is 4. The van der Waals surface area contributed by atoms with Crippen LogP contribution in [0.15, 0.2) is 5.38 Å². The molecule has 0 aromatic carbocycles. The van der Waals surface area contributed by atoms with Crippen LogP contribution in [0.3, 0.4) is 0 Å². The summed E-state index contributed by atoms with van der Waals surface area (Å²) in [6.45, 7) is 2.46. The molecule has 0 spiro atoms. The number of carbonyl (C=O) groups excluding carboxylic acids is 1. The first-order valence-electron chi connectivity index (χ1n) is 7.23. The maximum absolute atomic E-state index is 12.5. The predicted octanol–water partition coefficient (Wildman–Crippen LogP) is 1.94. The SMILES string of the molecule is CC1(OCC(=O)O)CN(C(=O)c2csc3c2CCCC3)C1. The second-order valence-corrected chi connectivity index (χ2v) is 7.02. The quantitative estimate of drug-likeness (QED) is 0.923. The molecule has 1 saturated heterocycles. The molecule has 1 fully saturated rings. The Bertz CT molecular complexity index is 574. The van der Waals surface area contributed by atoms with Gasteiger partial charge in [-0.05, 0) is 38.2 Å². The van der Waals surface area contributed by atoms with Crippen molar-refractivity contribution in [3.63, 3.8) is 0 Å². The van der Waals surface area contributed by atoms with E-state index in [-0.39, 0.29) is 12.5 Å². The molecule has 1 aliphatic heterocycles. The lowest BCUT2D eigenvalue weighted by atomic mass is 9.92. The van der Waals surface area contributed by atoms with Crippen LogP contribution in [0, 0.1) is 0 Å². The van der Waals surface area contributed by atoms with Gasteiger partial charge >= 0.3 is 5.97 Å². The van der Waals surface area contributed by atoms with Crippen molar-refractivity contribution in [1.29, 1.82) is 0 Å². The minimum Gasteiger partial charge on any atom is -0.480 e. The van der Waals surface area contributed by atoms with Crippen molar-refractivity contribution < 1.29 is 19.4 Å². The van der Waals surface area contributed by atoms with Crippen LogP contribution in [0.5, 0.6) is 0 Å². The number of carboxylic acids is 1. The van der Waals surface area contributed by atoms with Crippen LogP contribution < -0.4 is 0 Å². The predicted molar refractivity (Wildman–Crippen MR) is 78.9 cm³/mol. The summed E-state index contributed by atoms with van der Waals surface area (Å²) in [5.74, 6) is -0.918. The largest absolute Gasteiger partial charge is 0.480 e. The Hall–Kier alpha value is -1.40. The third-order valence-electron chi connectivity index (χ3n) is 4.17. The van der Waals surface area contributed by atoms with Gasteiger partial charge in [0.2, 0.25) is 0 Å². The summed E-state index contributed by atoms with van der Waals surface area (Å²) < 4.78 is 5.35. The molecule has 0 atom stereocenters. The second-order valence-electron chi connectivity index (χ2n) is 6.05. The maximum Gasteiger partial charge on any atom is 0.329 e.